The molecule has 2 unspecified atom stereocenters. The van der Waals surface area contributed by atoms with Crippen molar-refractivity contribution in [2.75, 3.05) is 5.75 Å². The molecular formula is C39H79NO5S. The molecule has 0 saturated heterocycles. The summed E-state index contributed by atoms with van der Waals surface area (Å²) in [5.74, 6) is -0.886. The first-order chi connectivity index (χ1) is 22.3. The molecule has 0 radical (unpaired) electrons. The van der Waals surface area contributed by atoms with Crippen LogP contribution in [0.2, 0.25) is 0 Å². The van der Waals surface area contributed by atoms with E-state index < -0.39 is 28.0 Å². The summed E-state index contributed by atoms with van der Waals surface area (Å²) in [6.07, 6.45) is 39.2. The van der Waals surface area contributed by atoms with Crippen LogP contribution in [0.15, 0.2) is 0 Å². The maximum Gasteiger partial charge on any atom is 0.266 e. The maximum absolute atomic E-state index is 12.4. The number of nitrogens with one attached hydrogen (secondary N) is 1. The van der Waals surface area contributed by atoms with Crippen LogP contribution in [0.5, 0.6) is 0 Å². The molecule has 0 rings (SSSR count). The maximum atomic E-state index is 12.4. The molecule has 1 amide bonds. The lowest BCUT2D eigenvalue weighted by Crippen LogP contribution is -2.47. The van der Waals surface area contributed by atoms with E-state index in [1.54, 1.807) is 0 Å². The van der Waals surface area contributed by atoms with Gasteiger partial charge in [-0.3, -0.25) is 9.35 Å². The van der Waals surface area contributed by atoms with Crippen LogP contribution in [-0.4, -0.2) is 41.9 Å². The van der Waals surface area contributed by atoms with Crippen molar-refractivity contribution in [3.63, 3.8) is 0 Å². The van der Waals surface area contributed by atoms with Gasteiger partial charge in [0, 0.05) is 6.42 Å². The van der Waals surface area contributed by atoms with E-state index in [4.69, 9.17) is 0 Å². The van der Waals surface area contributed by atoms with Gasteiger partial charge in [-0.1, -0.05) is 206 Å². The molecule has 2 atom stereocenters. The predicted octanol–water partition coefficient (Wildman–Crippen LogP) is 11.6. The lowest BCUT2D eigenvalue weighted by molar-refractivity contribution is -0.122. The highest BCUT2D eigenvalue weighted by atomic mass is 32.2. The highest BCUT2D eigenvalue weighted by molar-refractivity contribution is 7.85. The standard InChI is InChI=1S/C39H79NO5S/c1-3-5-7-9-11-13-15-16-17-18-19-20-21-22-23-24-25-26-28-30-32-34-38(41)37(36-46(43,44)45)40-39(42)35-33-31-29-27-14-12-10-8-6-4-2/h37-38,41H,3-36H2,1-2H3,(H,40,42)(H,43,44,45). The van der Waals surface area contributed by atoms with Crippen LogP contribution in [0.4, 0.5) is 0 Å². The van der Waals surface area contributed by atoms with Crippen molar-refractivity contribution >= 4 is 16.0 Å². The van der Waals surface area contributed by atoms with Crippen molar-refractivity contribution in [3.8, 4) is 0 Å². The van der Waals surface area contributed by atoms with Crippen molar-refractivity contribution < 1.29 is 22.9 Å². The summed E-state index contributed by atoms with van der Waals surface area (Å²) in [6.45, 7) is 4.51. The molecule has 0 aliphatic carbocycles. The molecule has 0 aliphatic heterocycles. The second-order valence-electron chi connectivity index (χ2n) is 14.3. The fourth-order valence-corrected chi connectivity index (χ4v) is 7.27. The largest absolute Gasteiger partial charge is 0.391 e. The summed E-state index contributed by atoms with van der Waals surface area (Å²) in [5.41, 5.74) is 0. The van der Waals surface area contributed by atoms with Gasteiger partial charge in [0.1, 0.15) is 0 Å². The lowest BCUT2D eigenvalue weighted by atomic mass is 10.0. The van der Waals surface area contributed by atoms with Gasteiger partial charge >= 0.3 is 0 Å². The normalized spacial score (nSPS) is 13.2. The third kappa shape index (κ3) is 34.7. The summed E-state index contributed by atoms with van der Waals surface area (Å²) in [4.78, 5) is 12.4. The Morgan fingerprint density at radius 2 is 0.783 bits per heavy atom. The summed E-state index contributed by atoms with van der Waals surface area (Å²) in [5, 5.41) is 13.3. The predicted molar refractivity (Wildman–Crippen MR) is 198 cm³/mol. The van der Waals surface area contributed by atoms with Gasteiger partial charge in [-0.2, -0.15) is 8.42 Å². The Bertz CT molecular complexity index is 745. The zero-order valence-electron chi connectivity index (χ0n) is 30.7. The van der Waals surface area contributed by atoms with Crippen LogP contribution in [0.25, 0.3) is 0 Å². The van der Waals surface area contributed by atoms with Crippen molar-refractivity contribution in [3.05, 3.63) is 0 Å². The average Bonchev–Trinajstić information content (AvgIpc) is 3.01. The van der Waals surface area contributed by atoms with Crippen molar-refractivity contribution in [1.29, 1.82) is 0 Å². The van der Waals surface area contributed by atoms with Crippen LogP contribution in [-0.2, 0) is 14.9 Å². The second kappa shape index (κ2) is 34.2. The molecule has 0 heterocycles. The molecule has 0 fully saturated rings. The molecule has 0 aliphatic rings. The van der Waals surface area contributed by atoms with Gasteiger partial charge in [-0.05, 0) is 12.8 Å². The molecule has 0 aromatic rings. The Balaban J connectivity index is 3.76. The molecule has 6 nitrogen and oxygen atoms in total. The first-order valence-electron chi connectivity index (χ1n) is 20.2. The third-order valence-electron chi connectivity index (χ3n) is 9.56. The lowest BCUT2D eigenvalue weighted by Gasteiger charge is -2.23. The van der Waals surface area contributed by atoms with E-state index in [0.29, 0.717) is 12.8 Å². The van der Waals surface area contributed by atoms with Crippen molar-refractivity contribution in [1.82, 2.24) is 5.32 Å². The van der Waals surface area contributed by atoms with Crippen molar-refractivity contribution in [2.45, 2.75) is 238 Å². The Labute approximate surface area is 287 Å². The van der Waals surface area contributed by atoms with E-state index in [1.807, 2.05) is 0 Å². The number of amides is 1. The van der Waals surface area contributed by atoms with Crippen LogP contribution in [0, 0.1) is 0 Å². The van der Waals surface area contributed by atoms with Gasteiger partial charge in [-0.15, -0.1) is 0 Å². The number of carbonyl (C=O) groups is 1. The van der Waals surface area contributed by atoms with Gasteiger partial charge in [0.2, 0.25) is 5.91 Å². The number of carbonyl (C=O) groups excluding carboxylic acids is 1. The SMILES string of the molecule is CCCCCCCCCCCCCCCCCCCCCCCC(O)C(CS(=O)(=O)O)NC(=O)CCCCCCCCCCCC. The van der Waals surface area contributed by atoms with Crippen LogP contribution < -0.4 is 5.32 Å². The molecular weight excluding hydrogens is 594 g/mol. The van der Waals surface area contributed by atoms with E-state index in [2.05, 4.69) is 19.2 Å². The fourth-order valence-electron chi connectivity index (χ4n) is 6.51. The topological polar surface area (TPSA) is 104 Å². The minimum absolute atomic E-state index is 0.244. The number of unbranched alkanes of at least 4 members (excludes halogenated alkanes) is 29. The van der Waals surface area contributed by atoms with Gasteiger partial charge in [-0.25, -0.2) is 0 Å². The summed E-state index contributed by atoms with van der Waals surface area (Å²) < 4.78 is 32.4. The quantitative estimate of drug-likeness (QED) is 0.0450. The molecule has 0 saturated carbocycles. The molecule has 3 N–H and O–H groups in total. The van der Waals surface area contributed by atoms with E-state index in [0.717, 1.165) is 38.5 Å². The van der Waals surface area contributed by atoms with Gasteiger partial charge in [0.05, 0.1) is 17.9 Å². The minimum Gasteiger partial charge on any atom is -0.391 e. The Kier molecular flexibility index (Phi) is 33.7. The highest BCUT2D eigenvalue weighted by Gasteiger charge is 2.26. The number of aliphatic hydroxyl groups is 1. The second-order valence-corrected chi connectivity index (χ2v) is 15.8. The van der Waals surface area contributed by atoms with Gasteiger partial charge < -0.3 is 10.4 Å². The molecule has 7 heteroatoms. The number of hydrogen-bond donors (Lipinski definition) is 3. The molecule has 276 valence electrons. The van der Waals surface area contributed by atoms with E-state index in [9.17, 15) is 22.9 Å². The summed E-state index contributed by atoms with van der Waals surface area (Å²) in [6, 6.07) is -0.962. The highest BCUT2D eigenvalue weighted by Crippen LogP contribution is 2.17. The zero-order chi connectivity index (χ0) is 34.0. The van der Waals surface area contributed by atoms with Gasteiger partial charge in [0.25, 0.3) is 10.1 Å². The number of aliphatic hydroxyl groups excluding tert-OH is 1. The van der Waals surface area contributed by atoms with Crippen LogP contribution >= 0.6 is 0 Å². The smallest absolute Gasteiger partial charge is 0.266 e. The number of rotatable bonds is 37. The first kappa shape index (κ1) is 45.3. The van der Waals surface area contributed by atoms with Crippen LogP contribution in [0.1, 0.15) is 226 Å². The van der Waals surface area contributed by atoms with Crippen molar-refractivity contribution in [2.24, 2.45) is 0 Å². The Hall–Kier alpha value is -0.660. The van der Waals surface area contributed by atoms with E-state index in [1.165, 1.54) is 161 Å². The molecule has 0 bridgehead atoms. The third-order valence-corrected chi connectivity index (χ3v) is 10.3. The monoisotopic (exact) mass is 674 g/mol. The molecule has 0 spiro atoms. The molecule has 46 heavy (non-hydrogen) atoms. The fraction of sp³-hybridized carbons (Fsp3) is 0.974. The summed E-state index contributed by atoms with van der Waals surface area (Å²) in [7, 11) is -4.30. The Morgan fingerprint density at radius 1 is 0.500 bits per heavy atom. The summed E-state index contributed by atoms with van der Waals surface area (Å²) >= 11 is 0. The number of hydrogen-bond acceptors (Lipinski definition) is 4. The van der Waals surface area contributed by atoms with Crippen LogP contribution in [0.3, 0.4) is 0 Å². The first-order valence-corrected chi connectivity index (χ1v) is 21.8. The molecule has 0 aromatic heterocycles. The van der Waals surface area contributed by atoms with E-state index in [-0.39, 0.29) is 5.91 Å². The molecule has 0 aromatic carbocycles. The minimum atomic E-state index is -4.30. The Morgan fingerprint density at radius 3 is 1.09 bits per heavy atom. The average molecular weight is 674 g/mol. The van der Waals surface area contributed by atoms with Gasteiger partial charge in [0.15, 0.2) is 0 Å². The zero-order valence-corrected chi connectivity index (χ0v) is 31.5. The van der Waals surface area contributed by atoms with E-state index >= 15 is 0 Å².